The lowest BCUT2D eigenvalue weighted by Crippen LogP contribution is -2.19. The maximum Gasteiger partial charge on any atom is 0.338 e. The lowest BCUT2D eigenvalue weighted by Gasteiger charge is -2.08. The van der Waals surface area contributed by atoms with Gasteiger partial charge in [-0.2, -0.15) is 0 Å². The molecule has 0 radical (unpaired) electrons. The summed E-state index contributed by atoms with van der Waals surface area (Å²) in [6, 6.07) is 5.92. The Morgan fingerprint density at radius 2 is 2.05 bits per heavy atom. The van der Waals surface area contributed by atoms with Crippen LogP contribution in [0.5, 0.6) is 0 Å². The van der Waals surface area contributed by atoms with Crippen LogP contribution in [0.4, 0.5) is 0 Å². The van der Waals surface area contributed by atoms with Gasteiger partial charge in [0.25, 0.3) is 0 Å². The summed E-state index contributed by atoms with van der Waals surface area (Å²) in [7, 11) is -2.32. The van der Waals surface area contributed by atoms with Gasteiger partial charge in [0.1, 0.15) is 0 Å². The Hall–Kier alpha value is -2.19. The van der Waals surface area contributed by atoms with E-state index in [-0.39, 0.29) is 17.1 Å². The van der Waals surface area contributed by atoms with E-state index in [1.165, 1.54) is 19.2 Å². The molecular formula is C14H16N2O5S. The van der Waals surface area contributed by atoms with Crippen molar-refractivity contribution in [2.45, 2.75) is 25.3 Å². The van der Waals surface area contributed by atoms with Gasteiger partial charge in [-0.1, -0.05) is 11.2 Å². The number of nitrogens with one attached hydrogen (secondary N) is 1. The van der Waals surface area contributed by atoms with Crippen molar-refractivity contribution in [1.82, 2.24) is 9.88 Å². The molecule has 0 amide bonds. The van der Waals surface area contributed by atoms with E-state index in [4.69, 9.17) is 9.26 Å². The molecule has 0 spiro atoms. The van der Waals surface area contributed by atoms with E-state index < -0.39 is 16.0 Å². The molecule has 0 aliphatic rings. The van der Waals surface area contributed by atoms with E-state index in [1.807, 2.05) is 0 Å². The first-order chi connectivity index (χ1) is 10.3. The van der Waals surface area contributed by atoms with Gasteiger partial charge in [0, 0.05) is 6.07 Å². The highest BCUT2D eigenvalue weighted by atomic mass is 32.2. The summed E-state index contributed by atoms with van der Waals surface area (Å²) in [5.41, 5.74) is 1.49. The van der Waals surface area contributed by atoms with E-state index in [9.17, 15) is 13.2 Å². The van der Waals surface area contributed by atoms with Gasteiger partial charge < -0.3 is 9.26 Å². The van der Waals surface area contributed by atoms with Crippen LogP contribution in [0.1, 0.15) is 27.4 Å². The van der Waals surface area contributed by atoms with Crippen LogP contribution < -0.4 is 4.72 Å². The quantitative estimate of drug-likeness (QED) is 0.838. The largest absolute Gasteiger partial charge is 0.454 e. The molecule has 1 aromatic heterocycles. The summed E-state index contributed by atoms with van der Waals surface area (Å²) in [6.07, 6.45) is 0. The molecule has 2 rings (SSSR count). The first kappa shape index (κ1) is 16.2. The minimum atomic E-state index is -3.62. The Kier molecular flexibility index (Phi) is 4.62. The predicted molar refractivity (Wildman–Crippen MR) is 77.8 cm³/mol. The van der Waals surface area contributed by atoms with Crippen LogP contribution in [-0.2, 0) is 21.4 Å². The van der Waals surface area contributed by atoms with Crippen LogP contribution in [0.15, 0.2) is 33.7 Å². The van der Waals surface area contributed by atoms with Gasteiger partial charge in [0.2, 0.25) is 10.0 Å². The number of rotatable bonds is 5. The molecule has 0 saturated carbocycles. The van der Waals surface area contributed by atoms with Crippen LogP contribution in [0.2, 0.25) is 0 Å². The minimum absolute atomic E-state index is 0.00283. The summed E-state index contributed by atoms with van der Waals surface area (Å²) in [5.74, 6) is -0.206. The molecule has 1 heterocycles. The second-order valence-electron chi connectivity index (χ2n) is 4.70. The zero-order chi connectivity index (χ0) is 16.3. The van der Waals surface area contributed by atoms with E-state index in [0.717, 1.165) is 0 Å². The average molecular weight is 324 g/mol. The van der Waals surface area contributed by atoms with Crippen molar-refractivity contribution in [3.8, 4) is 0 Å². The predicted octanol–water partition coefficient (Wildman–Crippen LogP) is 1.56. The molecule has 0 aliphatic heterocycles. The van der Waals surface area contributed by atoms with Crippen LogP contribution in [0, 0.1) is 13.8 Å². The molecule has 0 bridgehead atoms. The Labute approximate surface area is 128 Å². The molecule has 1 aromatic carbocycles. The Morgan fingerprint density at radius 3 is 2.64 bits per heavy atom. The number of aromatic nitrogens is 1. The third-order valence-corrected chi connectivity index (χ3v) is 4.44. The van der Waals surface area contributed by atoms with Crippen molar-refractivity contribution >= 4 is 16.0 Å². The summed E-state index contributed by atoms with van der Waals surface area (Å²) in [5, 5.41) is 3.69. The summed E-state index contributed by atoms with van der Waals surface area (Å²) >= 11 is 0. The van der Waals surface area contributed by atoms with Gasteiger partial charge >= 0.3 is 5.97 Å². The van der Waals surface area contributed by atoms with E-state index in [2.05, 4.69) is 9.88 Å². The molecule has 118 valence electrons. The average Bonchev–Trinajstić information content (AvgIpc) is 2.90. The van der Waals surface area contributed by atoms with Crippen LogP contribution in [0.3, 0.4) is 0 Å². The van der Waals surface area contributed by atoms with Crippen LogP contribution in [-0.4, -0.2) is 26.6 Å². The van der Waals surface area contributed by atoms with Crippen LogP contribution in [0.25, 0.3) is 0 Å². The highest BCUT2D eigenvalue weighted by Gasteiger charge is 2.18. The fourth-order valence-corrected chi connectivity index (χ4v) is 2.56. The third-order valence-electron chi connectivity index (χ3n) is 3.03. The number of ether oxygens (including phenoxy) is 1. The zero-order valence-corrected chi connectivity index (χ0v) is 13.2. The fourth-order valence-electron chi connectivity index (χ4n) is 1.80. The number of nitrogens with zero attached hydrogens (tertiary/aromatic N) is 1. The van der Waals surface area contributed by atoms with Gasteiger partial charge in [-0.15, -0.1) is 0 Å². The van der Waals surface area contributed by atoms with Gasteiger partial charge in [0.05, 0.1) is 16.2 Å². The van der Waals surface area contributed by atoms with Crippen molar-refractivity contribution in [2.24, 2.45) is 0 Å². The number of hydrogen-bond acceptors (Lipinski definition) is 6. The van der Waals surface area contributed by atoms with Gasteiger partial charge in [-0.05, 0) is 38.6 Å². The Bertz CT molecular complexity index is 795. The standard InChI is InChI=1S/C14H16N2O5S/c1-9-4-5-12(22(18,19)15-3)7-13(9)14(17)20-8-11-6-10(2)16-21-11/h4-7,15H,8H2,1-3H3. The smallest absolute Gasteiger partial charge is 0.338 e. The molecule has 8 heteroatoms. The summed E-state index contributed by atoms with van der Waals surface area (Å²) in [4.78, 5) is 12.1. The molecule has 0 fully saturated rings. The molecule has 1 N–H and O–H groups in total. The summed E-state index contributed by atoms with van der Waals surface area (Å²) < 4.78 is 35.8. The fraction of sp³-hybridized carbons (Fsp3) is 0.286. The first-order valence-electron chi connectivity index (χ1n) is 6.47. The second kappa shape index (κ2) is 6.29. The SMILES string of the molecule is CNS(=O)(=O)c1ccc(C)c(C(=O)OCc2cc(C)no2)c1. The van der Waals surface area contributed by atoms with Crippen LogP contribution >= 0.6 is 0 Å². The molecule has 7 nitrogen and oxygen atoms in total. The highest BCUT2D eigenvalue weighted by molar-refractivity contribution is 7.89. The molecule has 0 aliphatic carbocycles. The lowest BCUT2D eigenvalue weighted by atomic mass is 10.1. The molecule has 2 aromatic rings. The van der Waals surface area contributed by atoms with Gasteiger partial charge in [-0.25, -0.2) is 17.9 Å². The maximum atomic E-state index is 12.1. The second-order valence-corrected chi connectivity index (χ2v) is 6.58. The van der Waals surface area contributed by atoms with Crippen molar-refractivity contribution in [3.63, 3.8) is 0 Å². The minimum Gasteiger partial charge on any atom is -0.454 e. The maximum absolute atomic E-state index is 12.1. The molecule has 0 saturated heterocycles. The molecular weight excluding hydrogens is 308 g/mol. The number of esters is 1. The van der Waals surface area contributed by atoms with Crippen molar-refractivity contribution in [2.75, 3.05) is 7.05 Å². The molecule has 0 unspecified atom stereocenters. The third kappa shape index (κ3) is 3.52. The first-order valence-corrected chi connectivity index (χ1v) is 7.95. The van der Waals surface area contributed by atoms with Crippen molar-refractivity contribution in [3.05, 3.63) is 46.8 Å². The Morgan fingerprint density at radius 1 is 1.32 bits per heavy atom. The topological polar surface area (TPSA) is 98.5 Å². The normalized spacial score (nSPS) is 11.4. The van der Waals surface area contributed by atoms with E-state index in [0.29, 0.717) is 17.0 Å². The summed E-state index contributed by atoms with van der Waals surface area (Å²) in [6.45, 7) is 3.39. The number of aryl methyl sites for hydroxylation is 2. The number of sulfonamides is 1. The highest BCUT2D eigenvalue weighted by Crippen LogP contribution is 2.17. The van der Waals surface area contributed by atoms with Crippen molar-refractivity contribution < 1.29 is 22.5 Å². The number of carbonyl (C=O) groups excluding carboxylic acids is 1. The lowest BCUT2D eigenvalue weighted by molar-refractivity contribution is 0.0436. The van der Waals surface area contributed by atoms with Gasteiger partial charge in [-0.3, -0.25) is 0 Å². The molecule has 0 atom stereocenters. The van der Waals surface area contributed by atoms with Crippen molar-refractivity contribution in [1.29, 1.82) is 0 Å². The Balaban J connectivity index is 2.20. The zero-order valence-electron chi connectivity index (χ0n) is 12.4. The molecule has 22 heavy (non-hydrogen) atoms. The van der Waals surface area contributed by atoms with E-state index >= 15 is 0 Å². The van der Waals surface area contributed by atoms with Gasteiger partial charge in [0.15, 0.2) is 12.4 Å². The number of hydrogen-bond donors (Lipinski definition) is 1. The number of benzene rings is 1. The number of carbonyl (C=O) groups is 1. The van der Waals surface area contributed by atoms with E-state index in [1.54, 1.807) is 26.0 Å². The monoisotopic (exact) mass is 324 g/mol.